The highest BCUT2D eigenvalue weighted by molar-refractivity contribution is 5.87. The molecule has 1 rings (SSSR count). The number of carbonyl (C=O) groups is 2. The molecule has 3 nitrogen and oxygen atoms in total. The molecule has 1 atom stereocenters. The van der Waals surface area contributed by atoms with Crippen LogP contribution < -0.4 is 0 Å². The second-order valence-corrected chi connectivity index (χ2v) is 3.33. The molecule has 1 aliphatic heterocycles. The Morgan fingerprint density at radius 3 is 2.23 bits per heavy atom. The maximum Gasteiger partial charge on any atom is 0.267 e. The van der Waals surface area contributed by atoms with E-state index in [1.807, 2.05) is 0 Å². The maximum atomic E-state index is 12.8. The molecule has 0 N–H and O–H groups in total. The van der Waals surface area contributed by atoms with Gasteiger partial charge in [0.05, 0.1) is 12.6 Å². The van der Waals surface area contributed by atoms with Crippen LogP contribution in [0.3, 0.4) is 0 Å². The van der Waals surface area contributed by atoms with E-state index in [0.29, 0.717) is 0 Å². The number of ketones is 1. The van der Waals surface area contributed by atoms with E-state index in [2.05, 4.69) is 0 Å². The van der Waals surface area contributed by atoms with E-state index in [1.165, 1.54) is 13.8 Å². The topological polar surface area (TPSA) is 37.4 Å². The maximum absolute atomic E-state index is 12.8. The first-order valence-electron chi connectivity index (χ1n) is 3.99. The molecular weight excluding hydrogens is 180 g/mol. The zero-order valence-electron chi connectivity index (χ0n) is 7.51. The largest absolute Gasteiger partial charge is 0.327 e. The Kier molecular flexibility index (Phi) is 2.36. The number of nitrogens with zero attached hydrogens (tertiary/aromatic N) is 1. The van der Waals surface area contributed by atoms with Crippen molar-refractivity contribution in [1.82, 2.24) is 4.90 Å². The summed E-state index contributed by atoms with van der Waals surface area (Å²) in [5, 5.41) is 0. The number of hydrogen-bond donors (Lipinski definition) is 0. The fourth-order valence-electron chi connectivity index (χ4n) is 1.51. The Balaban J connectivity index is 2.83. The Labute approximate surface area is 74.7 Å². The van der Waals surface area contributed by atoms with Crippen LogP contribution >= 0.6 is 0 Å². The highest BCUT2D eigenvalue weighted by Gasteiger charge is 2.47. The van der Waals surface area contributed by atoms with Gasteiger partial charge in [0.2, 0.25) is 5.91 Å². The smallest absolute Gasteiger partial charge is 0.267 e. The summed E-state index contributed by atoms with van der Waals surface area (Å²) in [6.07, 6.45) is -0.540. The minimum Gasteiger partial charge on any atom is -0.327 e. The highest BCUT2D eigenvalue weighted by atomic mass is 19.3. The molecule has 5 heteroatoms. The lowest BCUT2D eigenvalue weighted by atomic mass is 10.1. The zero-order chi connectivity index (χ0) is 10.2. The van der Waals surface area contributed by atoms with Gasteiger partial charge in [0.1, 0.15) is 0 Å². The van der Waals surface area contributed by atoms with Crippen molar-refractivity contribution in [2.45, 2.75) is 32.2 Å². The van der Waals surface area contributed by atoms with Gasteiger partial charge in [-0.1, -0.05) is 0 Å². The van der Waals surface area contributed by atoms with Gasteiger partial charge in [-0.15, -0.1) is 0 Å². The molecule has 1 heterocycles. The van der Waals surface area contributed by atoms with Gasteiger partial charge in [0, 0.05) is 13.3 Å². The highest BCUT2D eigenvalue weighted by Crippen LogP contribution is 2.32. The van der Waals surface area contributed by atoms with Crippen molar-refractivity contribution in [2.75, 3.05) is 6.54 Å². The van der Waals surface area contributed by atoms with Gasteiger partial charge in [-0.25, -0.2) is 8.78 Å². The van der Waals surface area contributed by atoms with Gasteiger partial charge < -0.3 is 4.90 Å². The summed E-state index contributed by atoms with van der Waals surface area (Å²) in [5.41, 5.74) is 0. The number of carbonyl (C=O) groups excluding carboxylic acids is 2. The van der Waals surface area contributed by atoms with Crippen molar-refractivity contribution in [3.8, 4) is 0 Å². The Hall–Kier alpha value is -1.00. The third-order valence-electron chi connectivity index (χ3n) is 2.14. The molecule has 0 bridgehead atoms. The predicted octanol–water partition coefficient (Wildman–Crippen LogP) is 0.832. The molecular formula is C8H11F2NO2. The minimum absolute atomic E-state index is 0.382. The van der Waals surface area contributed by atoms with Crippen LogP contribution in [0.25, 0.3) is 0 Å². The first-order valence-corrected chi connectivity index (χ1v) is 3.99. The summed E-state index contributed by atoms with van der Waals surface area (Å²) < 4.78 is 25.6. The molecule has 0 spiro atoms. The van der Waals surface area contributed by atoms with E-state index < -0.39 is 30.8 Å². The average Bonchev–Trinajstić information content (AvgIpc) is 2.26. The van der Waals surface area contributed by atoms with Crippen LogP contribution in [0.2, 0.25) is 0 Å². The van der Waals surface area contributed by atoms with Gasteiger partial charge >= 0.3 is 0 Å². The third kappa shape index (κ3) is 2.02. The van der Waals surface area contributed by atoms with Crippen molar-refractivity contribution in [1.29, 1.82) is 0 Å². The van der Waals surface area contributed by atoms with Crippen LogP contribution in [-0.2, 0) is 9.59 Å². The number of likely N-dealkylation sites (tertiary alicyclic amines) is 1. The van der Waals surface area contributed by atoms with Crippen LogP contribution in [0.5, 0.6) is 0 Å². The Morgan fingerprint density at radius 2 is 1.92 bits per heavy atom. The summed E-state index contributed by atoms with van der Waals surface area (Å²) in [6.45, 7) is 1.78. The molecule has 1 amide bonds. The van der Waals surface area contributed by atoms with Crippen molar-refractivity contribution < 1.29 is 18.4 Å². The lowest BCUT2D eigenvalue weighted by molar-refractivity contribution is -0.135. The van der Waals surface area contributed by atoms with E-state index in [9.17, 15) is 18.4 Å². The summed E-state index contributed by atoms with van der Waals surface area (Å²) in [6, 6.07) is -0.938. The van der Waals surface area contributed by atoms with Gasteiger partial charge in [0.15, 0.2) is 5.78 Å². The molecule has 0 unspecified atom stereocenters. The quantitative estimate of drug-likeness (QED) is 0.615. The van der Waals surface area contributed by atoms with Gasteiger partial charge in [-0.05, 0) is 6.92 Å². The number of amides is 1. The molecule has 13 heavy (non-hydrogen) atoms. The molecule has 1 saturated heterocycles. The first-order chi connectivity index (χ1) is 5.83. The standard InChI is InChI=1S/C8H11F2NO2/c1-5(12)7-3-8(9,10)4-11(7)6(2)13/h7H,3-4H2,1-2H3/t7-/m0/s1. The zero-order valence-corrected chi connectivity index (χ0v) is 7.51. The predicted molar refractivity (Wildman–Crippen MR) is 41.4 cm³/mol. The second kappa shape index (κ2) is 3.05. The summed E-state index contributed by atoms with van der Waals surface area (Å²) in [4.78, 5) is 22.7. The van der Waals surface area contributed by atoms with Gasteiger partial charge in [0.25, 0.3) is 5.92 Å². The van der Waals surface area contributed by atoms with Gasteiger partial charge in [-0.3, -0.25) is 9.59 Å². The van der Waals surface area contributed by atoms with Crippen LogP contribution in [0.1, 0.15) is 20.3 Å². The molecule has 0 radical (unpaired) electrons. The Bertz CT molecular complexity index is 229. The second-order valence-electron chi connectivity index (χ2n) is 3.33. The van der Waals surface area contributed by atoms with Crippen LogP contribution in [0.4, 0.5) is 8.78 Å². The molecule has 0 aliphatic carbocycles. The average molecular weight is 191 g/mol. The number of rotatable bonds is 1. The number of halogens is 2. The van der Waals surface area contributed by atoms with Crippen LogP contribution in [-0.4, -0.2) is 35.1 Å². The molecule has 1 fully saturated rings. The van der Waals surface area contributed by atoms with Crippen molar-refractivity contribution in [2.24, 2.45) is 0 Å². The number of hydrogen-bond acceptors (Lipinski definition) is 2. The first kappa shape index (κ1) is 10.1. The lowest BCUT2D eigenvalue weighted by Crippen LogP contribution is -2.38. The van der Waals surface area contributed by atoms with E-state index >= 15 is 0 Å². The van der Waals surface area contributed by atoms with Crippen molar-refractivity contribution in [3.05, 3.63) is 0 Å². The molecule has 74 valence electrons. The number of alkyl halides is 2. The fraction of sp³-hybridized carbons (Fsp3) is 0.750. The summed E-state index contributed by atoms with van der Waals surface area (Å²) in [5.74, 6) is -3.77. The van der Waals surface area contributed by atoms with Crippen LogP contribution in [0, 0.1) is 0 Å². The van der Waals surface area contributed by atoms with E-state index in [4.69, 9.17) is 0 Å². The van der Waals surface area contributed by atoms with Crippen molar-refractivity contribution >= 4 is 11.7 Å². The lowest BCUT2D eigenvalue weighted by Gasteiger charge is -2.19. The molecule has 1 aliphatic rings. The Morgan fingerprint density at radius 1 is 1.38 bits per heavy atom. The molecule has 0 aromatic heterocycles. The van der Waals surface area contributed by atoms with E-state index in [1.54, 1.807) is 0 Å². The third-order valence-corrected chi connectivity index (χ3v) is 2.14. The SMILES string of the molecule is CC(=O)[C@@H]1CC(F)(F)CN1C(C)=O. The van der Waals surface area contributed by atoms with E-state index in [-0.39, 0.29) is 5.78 Å². The fourth-order valence-corrected chi connectivity index (χ4v) is 1.51. The summed E-state index contributed by atoms with van der Waals surface area (Å²) >= 11 is 0. The molecule has 0 aromatic rings. The number of Topliss-reactive ketones (excluding diaryl/α,β-unsaturated/α-hetero) is 1. The minimum atomic E-state index is -2.91. The molecule has 0 saturated carbocycles. The van der Waals surface area contributed by atoms with E-state index in [0.717, 1.165) is 4.90 Å². The summed E-state index contributed by atoms with van der Waals surface area (Å²) in [7, 11) is 0. The van der Waals surface area contributed by atoms with Crippen LogP contribution in [0.15, 0.2) is 0 Å². The van der Waals surface area contributed by atoms with Gasteiger partial charge in [-0.2, -0.15) is 0 Å². The molecule has 0 aromatic carbocycles. The monoisotopic (exact) mass is 191 g/mol. The normalized spacial score (nSPS) is 26.2. The van der Waals surface area contributed by atoms with Crippen molar-refractivity contribution in [3.63, 3.8) is 0 Å².